The first-order valence-corrected chi connectivity index (χ1v) is 3.07. The third kappa shape index (κ3) is 1.32. The van der Waals surface area contributed by atoms with Gasteiger partial charge in [-0.25, -0.2) is 4.79 Å². The Morgan fingerprint density at radius 1 is 1.78 bits per heavy atom. The smallest absolute Gasteiger partial charge is 0.318 e. The van der Waals surface area contributed by atoms with Gasteiger partial charge in [0.25, 0.3) is 0 Å². The second-order valence-electron chi connectivity index (χ2n) is 2.03. The molecule has 0 radical (unpaired) electrons. The van der Waals surface area contributed by atoms with E-state index in [4.69, 9.17) is 5.73 Å². The lowest BCUT2D eigenvalue weighted by atomic mass is 10.3. The highest BCUT2D eigenvalue weighted by atomic mass is 16.2. The fourth-order valence-corrected chi connectivity index (χ4v) is 0.853. The molecule has 4 nitrogen and oxygen atoms in total. The zero-order chi connectivity index (χ0) is 6.69. The van der Waals surface area contributed by atoms with Crippen molar-refractivity contribution in [1.29, 1.82) is 0 Å². The summed E-state index contributed by atoms with van der Waals surface area (Å²) in [6.45, 7) is 1.91. The van der Waals surface area contributed by atoms with E-state index < -0.39 is 0 Å². The second-order valence-corrected chi connectivity index (χ2v) is 2.03. The van der Waals surface area contributed by atoms with Crippen molar-refractivity contribution in [3.8, 4) is 0 Å². The molecule has 52 valence electrons. The van der Waals surface area contributed by atoms with Crippen molar-refractivity contribution in [2.75, 3.05) is 19.8 Å². The summed E-state index contributed by atoms with van der Waals surface area (Å²) >= 11 is 0. The van der Waals surface area contributed by atoms with E-state index in [1.807, 2.05) is 0 Å². The van der Waals surface area contributed by atoms with Gasteiger partial charge in [-0.3, -0.25) is 0 Å². The number of nitrogens with one attached hydrogen (secondary N) is 1. The minimum absolute atomic E-state index is 0.0382. The van der Waals surface area contributed by atoms with E-state index in [0.29, 0.717) is 6.67 Å². The number of rotatable bonds is 1. The number of amides is 2. The Bertz CT molecular complexity index is 115. The van der Waals surface area contributed by atoms with Crippen molar-refractivity contribution in [1.82, 2.24) is 10.2 Å². The lowest BCUT2D eigenvalue weighted by molar-refractivity contribution is 0.188. The summed E-state index contributed by atoms with van der Waals surface area (Å²) in [6.07, 6.45) is 1.00. The molecular weight excluding hydrogens is 118 g/mol. The Hall–Kier alpha value is -0.770. The van der Waals surface area contributed by atoms with Gasteiger partial charge in [-0.2, -0.15) is 0 Å². The van der Waals surface area contributed by atoms with Crippen LogP contribution in [0.1, 0.15) is 6.42 Å². The molecule has 0 aromatic rings. The highest BCUT2D eigenvalue weighted by molar-refractivity contribution is 5.74. The molecule has 0 aliphatic carbocycles. The summed E-state index contributed by atoms with van der Waals surface area (Å²) in [5.41, 5.74) is 5.26. The minimum atomic E-state index is -0.0382. The van der Waals surface area contributed by atoms with Crippen molar-refractivity contribution in [2.45, 2.75) is 6.42 Å². The lowest BCUT2D eigenvalue weighted by Crippen LogP contribution is -2.48. The Labute approximate surface area is 54.0 Å². The van der Waals surface area contributed by atoms with Gasteiger partial charge in [-0.15, -0.1) is 0 Å². The van der Waals surface area contributed by atoms with E-state index in [9.17, 15) is 4.79 Å². The average molecular weight is 129 g/mol. The van der Waals surface area contributed by atoms with Crippen LogP contribution in [-0.4, -0.2) is 30.7 Å². The first-order chi connectivity index (χ1) is 4.34. The van der Waals surface area contributed by atoms with Gasteiger partial charge >= 0.3 is 6.03 Å². The number of urea groups is 1. The number of carbonyl (C=O) groups excluding carboxylic acids is 1. The number of nitrogens with zero attached hydrogens (tertiary/aromatic N) is 1. The minimum Gasteiger partial charge on any atom is -0.338 e. The number of nitrogens with two attached hydrogens (primary N) is 1. The molecule has 1 heterocycles. The SMILES string of the molecule is NCN1CCCNC1=O. The van der Waals surface area contributed by atoms with Crippen LogP contribution >= 0.6 is 0 Å². The van der Waals surface area contributed by atoms with Crippen LogP contribution in [-0.2, 0) is 0 Å². The van der Waals surface area contributed by atoms with Crippen molar-refractivity contribution in [3.63, 3.8) is 0 Å². The van der Waals surface area contributed by atoms with E-state index in [2.05, 4.69) is 5.32 Å². The van der Waals surface area contributed by atoms with Gasteiger partial charge in [0.1, 0.15) is 0 Å². The van der Waals surface area contributed by atoms with Crippen LogP contribution in [0.25, 0.3) is 0 Å². The van der Waals surface area contributed by atoms with Crippen LogP contribution in [0.4, 0.5) is 4.79 Å². The predicted octanol–water partition coefficient (Wildman–Crippen LogP) is -0.682. The van der Waals surface area contributed by atoms with Gasteiger partial charge in [0.2, 0.25) is 0 Å². The standard InChI is InChI=1S/C5H11N3O/c6-4-8-3-1-2-7-5(8)9/h1-4,6H2,(H,7,9). The summed E-state index contributed by atoms with van der Waals surface area (Å²) in [6, 6.07) is -0.0382. The van der Waals surface area contributed by atoms with Gasteiger partial charge in [0.15, 0.2) is 0 Å². The van der Waals surface area contributed by atoms with Crippen LogP contribution in [0.5, 0.6) is 0 Å². The molecule has 9 heavy (non-hydrogen) atoms. The van der Waals surface area contributed by atoms with E-state index in [0.717, 1.165) is 19.5 Å². The highest BCUT2D eigenvalue weighted by Gasteiger charge is 2.14. The molecule has 0 atom stereocenters. The molecule has 4 heteroatoms. The van der Waals surface area contributed by atoms with Gasteiger partial charge < -0.3 is 16.0 Å². The van der Waals surface area contributed by atoms with E-state index in [1.165, 1.54) is 0 Å². The fourth-order valence-electron chi connectivity index (χ4n) is 0.853. The van der Waals surface area contributed by atoms with Crippen LogP contribution in [0, 0.1) is 0 Å². The zero-order valence-electron chi connectivity index (χ0n) is 5.26. The normalized spacial score (nSPS) is 19.7. The molecule has 1 fully saturated rings. The first kappa shape index (κ1) is 6.35. The molecule has 0 spiro atoms. The van der Waals surface area contributed by atoms with Crippen LogP contribution in [0.15, 0.2) is 0 Å². The van der Waals surface area contributed by atoms with Crippen molar-refractivity contribution >= 4 is 6.03 Å². The highest BCUT2D eigenvalue weighted by Crippen LogP contribution is 1.94. The Morgan fingerprint density at radius 3 is 3.00 bits per heavy atom. The number of hydrogen-bond donors (Lipinski definition) is 2. The Balaban J connectivity index is 2.39. The van der Waals surface area contributed by atoms with Crippen molar-refractivity contribution < 1.29 is 4.79 Å². The monoisotopic (exact) mass is 129 g/mol. The van der Waals surface area contributed by atoms with Gasteiger partial charge in [0.05, 0.1) is 6.67 Å². The molecular formula is C5H11N3O. The van der Waals surface area contributed by atoms with E-state index in [-0.39, 0.29) is 6.03 Å². The van der Waals surface area contributed by atoms with E-state index >= 15 is 0 Å². The third-order valence-electron chi connectivity index (χ3n) is 1.39. The predicted molar refractivity (Wildman–Crippen MR) is 33.8 cm³/mol. The zero-order valence-corrected chi connectivity index (χ0v) is 5.26. The van der Waals surface area contributed by atoms with Gasteiger partial charge in [-0.05, 0) is 6.42 Å². The maximum Gasteiger partial charge on any atom is 0.318 e. The van der Waals surface area contributed by atoms with Crippen LogP contribution in [0.2, 0.25) is 0 Å². The first-order valence-electron chi connectivity index (χ1n) is 3.07. The Kier molecular flexibility index (Phi) is 1.89. The summed E-state index contributed by atoms with van der Waals surface area (Å²) < 4.78 is 0. The third-order valence-corrected chi connectivity index (χ3v) is 1.39. The fraction of sp³-hybridized carbons (Fsp3) is 0.800. The molecule has 2 amide bonds. The van der Waals surface area contributed by atoms with Crippen molar-refractivity contribution in [3.05, 3.63) is 0 Å². The van der Waals surface area contributed by atoms with Crippen LogP contribution < -0.4 is 11.1 Å². The Morgan fingerprint density at radius 2 is 2.56 bits per heavy atom. The summed E-state index contributed by atoms with van der Waals surface area (Å²) in [5, 5.41) is 2.69. The second kappa shape index (κ2) is 2.68. The van der Waals surface area contributed by atoms with Crippen LogP contribution in [0.3, 0.4) is 0 Å². The topological polar surface area (TPSA) is 58.4 Å². The molecule has 1 aliphatic heterocycles. The summed E-state index contributed by atoms with van der Waals surface area (Å²) in [7, 11) is 0. The lowest BCUT2D eigenvalue weighted by Gasteiger charge is -2.25. The molecule has 1 aliphatic rings. The summed E-state index contributed by atoms with van der Waals surface area (Å²) in [5.74, 6) is 0. The van der Waals surface area contributed by atoms with Gasteiger partial charge in [-0.1, -0.05) is 0 Å². The molecule has 1 rings (SSSR count). The molecule has 0 aromatic carbocycles. The van der Waals surface area contributed by atoms with Crippen molar-refractivity contribution in [2.24, 2.45) is 5.73 Å². The number of hydrogen-bond acceptors (Lipinski definition) is 2. The maximum absolute atomic E-state index is 10.8. The average Bonchev–Trinajstić information content (AvgIpc) is 1.89. The molecule has 0 unspecified atom stereocenters. The molecule has 0 saturated carbocycles. The van der Waals surface area contributed by atoms with E-state index in [1.54, 1.807) is 4.90 Å². The molecule has 0 aromatic heterocycles. The molecule has 3 N–H and O–H groups in total. The van der Waals surface area contributed by atoms with Gasteiger partial charge in [0, 0.05) is 13.1 Å². The summed E-state index contributed by atoms with van der Waals surface area (Å²) in [4.78, 5) is 12.3. The largest absolute Gasteiger partial charge is 0.338 e. The molecule has 0 bridgehead atoms. The number of carbonyl (C=O) groups is 1. The quantitative estimate of drug-likeness (QED) is 0.492. The molecule has 1 saturated heterocycles. The maximum atomic E-state index is 10.8.